The Morgan fingerprint density at radius 2 is 2.00 bits per heavy atom. The minimum absolute atomic E-state index is 0.275. The van der Waals surface area contributed by atoms with Gasteiger partial charge in [-0.1, -0.05) is 26.2 Å². The van der Waals surface area contributed by atoms with Gasteiger partial charge in [-0.3, -0.25) is 0 Å². The minimum atomic E-state index is 0.275. The third-order valence-corrected chi connectivity index (χ3v) is 4.51. The molecule has 18 heavy (non-hydrogen) atoms. The van der Waals surface area contributed by atoms with Crippen molar-refractivity contribution >= 4 is 15.6 Å². The summed E-state index contributed by atoms with van der Waals surface area (Å²) in [6.45, 7) is 8.67. The second kappa shape index (κ2) is 7.57. The first-order chi connectivity index (χ1) is 8.54. The molecule has 102 valence electrons. The number of unbranched alkanes of at least 4 members (excludes halogenated alkanes) is 3. The van der Waals surface area contributed by atoms with E-state index >= 15 is 0 Å². The van der Waals surface area contributed by atoms with Crippen molar-refractivity contribution in [1.82, 2.24) is 4.98 Å². The highest BCUT2D eigenvalue weighted by atomic mass is 28.1. The van der Waals surface area contributed by atoms with Gasteiger partial charge < -0.3 is 4.74 Å². The number of pyridine rings is 1. The van der Waals surface area contributed by atoms with E-state index in [1.54, 1.807) is 0 Å². The summed E-state index contributed by atoms with van der Waals surface area (Å²) in [6, 6.07) is 2.07. The Hall–Kier alpha value is -0.833. The van der Waals surface area contributed by atoms with Crippen LogP contribution in [0.4, 0.5) is 0 Å². The maximum absolute atomic E-state index is 5.92. The summed E-state index contributed by atoms with van der Waals surface area (Å²) < 4.78 is 5.92. The predicted octanol–water partition coefficient (Wildman–Crippen LogP) is 2.43. The number of ether oxygens (including phenoxy) is 1. The first-order valence-corrected chi connectivity index (χ1v) is 8.16. The molecule has 0 N–H and O–H groups in total. The molecular weight excluding hydrogens is 238 g/mol. The Balaban J connectivity index is 2.46. The molecule has 0 amide bonds. The first kappa shape index (κ1) is 15.2. The monoisotopic (exact) mass is 265 g/mol. The summed E-state index contributed by atoms with van der Waals surface area (Å²) in [7, 11) is 0.986. The summed E-state index contributed by atoms with van der Waals surface area (Å²) in [5.74, 6) is 0.811. The number of hydrogen-bond donors (Lipinski definition) is 0. The molecule has 0 spiro atoms. The van der Waals surface area contributed by atoms with E-state index in [0.717, 1.165) is 22.5 Å². The molecule has 1 rings (SSSR count). The molecule has 1 aromatic heterocycles. The SMILES string of the molecule is CCCCCCC(C)Oc1cc(C)c(C)c([SiH3])n1. The molecule has 0 saturated carbocycles. The van der Waals surface area contributed by atoms with Gasteiger partial charge in [-0.05, 0) is 44.7 Å². The van der Waals surface area contributed by atoms with Crippen LogP contribution < -0.4 is 10.1 Å². The van der Waals surface area contributed by atoms with E-state index in [2.05, 4.69) is 38.7 Å². The number of nitrogens with zero attached hydrogens (tertiary/aromatic N) is 1. The van der Waals surface area contributed by atoms with Gasteiger partial charge in [0.25, 0.3) is 0 Å². The van der Waals surface area contributed by atoms with Gasteiger partial charge in [0, 0.05) is 11.4 Å². The fraction of sp³-hybridized carbons (Fsp3) is 0.667. The highest BCUT2D eigenvalue weighted by Crippen LogP contribution is 2.15. The smallest absolute Gasteiger partial charge is 0.213 e. The molecule has 0 fully saturated rings. The zero-order valence-electron chi connectivity index (χ0n) is 12.5. The molecule has 0 aliphatic heterocycles. The number of aromatic nitrogens is 1. The van der Waals surface area contributed by atoms with Gasteiger partial charge in [-0.15, -0.1) is 0 Å². The fourth-order valence-electron chi connectivity index (χ4n) is 2.04. The topological polar surface area (TPSA) is 22.1 Å². The van der Waals surface area contributed by atoms with Gasteiger partial charge in [0.2, 0.25) is 5.88 Å². The van der Waals surface area contributed by atoms with E-state index < -0.39 is 0 Å². The maximum atomic E-state index is 5.92. The number of hydrogen-bond acceptors (Lipinski definition) is 2. The average molecular weight is 265 g/mol. The van der Waals surface area contributed by atoms with Crippen molar-refractivity contribution in [2.24, 2.45) is 0 Å². The van der Waals surface area contributed by atoms with Crippen LogP contribution in [0.1, 0.15) is 57.1 Å². The number of aryl methyl sites for hydroxylation is 1. The van der Waals surface area contributed by atoms with Crippen molar-refractivity contribution in [2.75, 3.05) is 0 Å². The highest BCUT2D eigenvalue weighted by molar-refractivity contribution is 6.31. The molecule has 0 saturated heterocycles. The van der Waals surface area contributed by atoms with Gasteiger partial charge in [0.05, 0.1) is 16.3 Å². The Kier molecular flexibility index (Phi) is 6.40. The van der Waals surface area contributed by atoms with Gasteiger partial charge >= 0.3 is 0 Å². The van der Waals surface area contributed by atoms with Gasteiger partial charge in [-0.2, -0.15) is 0 Å². The minimum Gasteiger partial charge on any atom is -0.475 e. The van der Waals surface area contributed by atoms with E-state index in [1.165, 1.54) is 42.1 Å². The van der Waals surface area contributed by atoms with E-state index in [9.17, 15) is 0 Å². The predicted molar refractivity (Wildman–Crippen MR) is 82.1 cm³/mol. The molecule has 0 aliphatic rings. The molecule has 1 aromatic rings. The van der Waals surface area contributed by atoms with Crippen LogP contribution in [0, 0.1) is 13.8 Å². The summed E-state index contributed by atoms with van der Waals surface area (Å²) >= 11 is 0. The van der Waals surface area contributed by atoms with Crippen molar-refractivity contribution in [3.8, 4) is 5.88 Å². The van der Waals surface area contributed by atoms with Gasteiger partial charge in [0.15, 0.2) is 0 Å². The van der Waals surface area contributed by atoms with E-state index in [-0.39, 0.29) is 6.10 Å². The second-order valence-corrected chi connectivity index (χ2v) is 6.21. The van der Waals surface area contributed by atoms with Crippen LogP contribution in [-0.4, -0.2) is 21.3 Å². The van der Waals surface area contributed by atoms with Crippen LogP contribution in [0.2, 0.25) is 0 Å². The molecule has 2 nitrogen and oxygen atoms in total. The lowest BCUT2D eigenvalue weighted by molar-refractivity contribution is 0.198. The molecule has 1 heterocycles. The number of rotatable bonds is 7. The van der Waals surface area contributed by atoms with Crippen LogP contribution in [0.15, 0.2) is 6.07 Å². The van der Waals surface area contributed by atoms with E-state index in [1.807, 2.05) is 0 Å². The van der Waals surface area contributed by atoms with Crippen molar-refractivity contribution in [3.63, 3.8) is 0 Å². The first-order valence-electron chi connectivity index (χ1n) is 7.16. The molecule has 0 aliphatic carbocycles. The van der Waals surface area contributed by atoms with Crippen LogP contribution in [0.5, 0.6) is 5.88 Å². The zero-order valence-corrected chi connectivity index (χ0v) is 14.5. The fourth-order valence-corrected chi connectivity index (χ4v) is 2.66. The summed E-state index contributed by atoms with van der Waals surface area (Å²) in [4.78, 5) is 4.56. The Morgan fingerprint density at radius 3 is 2.61 bits per heavy atom. The van der Waals surface area contributed by atoms with Crippen LogP contribution in [0.3, 0.4) is 0 Å². The third-order valence-electron chi connectivity index (χ3n) is 3.54. The Labute approximate surface area is 115 Å². The molecule has 3 heteroatoms. The highest BCUT2D eigenvalue weighted by Gasteiger charge is 2.07. The molecular formula is C15H27NOSi. The lowest BCUT2D eigenvalue weighted by atomic mass is 10.1. The molecule has 1 unspecified atom stereocenters. The van der Waals surface area contributed by atoms with Crippen LogP contribution >= 0.6 is 0 Å². The van der Waals surface area contributed by atoms with Gasteiger partial charge in [0.1, 0.15) is 0 Å². The lowest BCUT2D eigenvalue weighted by Gasteiger charge is -2.15. The van der Waals surface area contributed by atoms with Crippen LogP contribution in [0.25, 0.3) is 0 Å². The van der Waals surface area contributed by atoms with Crippen LogP contribution in [-0.2, 0) is 0 Å². The van der Waals surface area contributed by atoms with E-state index in [0.29, 0.717) is 0 Å². The van der Waals surface area contributed by atoms with Crippen molar-refractivity contribution in [1.29, 1.82) is 0 Å². The maximum Gasteiger partial charge on any atom is 0.213 e. The Morgan fingerprint density at radius 1 is 1.28 bits per heavy atom. The lowest BCUT2D eigenvalue weighted by Crippen LogP contribution is -2.19. The quantitative estimate of drug-likeness (QED) is 0.558. The largest absolute Gasteiger partial charge is 0.475 e. The van der Waals surface area contributed by atoms with Crippen molar-refractivity contribution in [2.45, 2.75) is 65.9 Å². The van der Waals surface area contributed by atoms with Gasteiger partial charge in [-0.25, -0.2) is 4.98 Å². The summed E-state index contributed by atoms with van der Waals surface area (Å²) in [5.41, 5.74) is 2.62. The average Bonchev–Trinajstić information content (AvgIpc) is 2.31. The van der Waals surface area contributed by atoms with Crippen molar-refractivity contribution < 1.29 is 4.74 Å². The zero-order chi connectivity index (χ0) is 13.5. The summed E-state index contributed by atoms with van der Waals surface area (Å²) in [6.07, 6.45) is 6.60. The second-order valence-electron chi connectivity index (χ2n) is 5.27. The standard InChI is InChI=1S/C15H27NOSi/c1-5-6-7-8-9-12(3)17-14-10-11(2)13(4)15(18)16-14/h10,12H,5-9H2,1-4,18H3. The molecule has 1 atom stereocenters. The van der Waals surface area contributed by atoms with Crippen molar-refractivity contribution in [3.05, 3.63) is 17.2 Å². The summed E-state index contributed by atoms with van der Waals surface area (Å²) in [5, 5.41) is 1.21. The normalized spacial score (nSPS) is 12.7. The van der Waals surface area contributed by atoms with E-state index in [4.69, 9.17) is 4.74 Å². The molecule has 0 aromatic carbocycles. The molecule has 0 bridgehead atoms. The third kappa shape index (κ3) is 4.81. The molecule has 0 radical (unpaired) electrons. The Bertz CT molecular complexity index is 356.